The number of methoxy groups -OCH3 is 2. The summed E-state index contributed by atoms with van der Waals surface area (Å²) in [5.74, 6) is 0.468. The molecule has 0 aliphatic rings. The van der Waals surface area contributed by atoms with Crippen molar-refractivity contribution in [3.05, 3.63) is 54.1 Å². The SMILES string of the molecule is CCC(C)NC(=O)C(CC)N(Cc1ccc(OC)cc1)C(=O)CN(c1ccc(OC)cc1)S(C)(=O)=O. The van der Waals surface area contributed by atoms with Gasteiger partial charge in [0.2, 0.25) is 21.8 Å². The largest absolute Gasteiger partial charge is 0.497 e. The molecule has 0 saturated heterocycles. The van der Waals surface area contributed by atoms with Gasteiger partial charge < -0.3 is 19.7 Å². The number of carbonyl (C=O) groups excluding carboxylic acids is 2. The van der Waals surface area contributed by atoms with E-state index in [1.807, 2.05) is 32.9 Å². The van der Waals surface area contributed by atoms with Crippen LogP contribution in [0.3, 0.4) is 0 Å². The average Bonchev–Trinajstić information content (AvgIpc) is 2.86. The van der Waals surface area contributed by atoms with Crippen molar-refractivity contribution in [1.29, 1.82) is 0 Å². The van der Waals surface area contributed by atoms with Crippen LogP contribution in [0.2, 0.25) is 0 Å². The van der Waals surface area contributed by atoms with E-state index in [0.717, 1.165) is 22.5 Å². The van der Waals surface area contributed by atoms with Crippen LogP contribution in [0.1, 0.15) is 39.2 Å². The van der Waals surface area contributed by atoms with Crippen molar-refractivity contribution in [1.82, 2.24) is 10.2 Å². The molecular formula is C26H37N3O6S. The lowest BCUT2D eigenvalue weighted by atomic mass is 10.1. The number of amides is 2. The zero-order valence-corrected chi connectivity index (χ0v) is 22.7. The summed E-state index contributed by atoms with van der Waals surface area (Å²) in [4.78, 5) is 28.3. The molecule has 0 radical (unpaired) electrons. The van der Waals surface area contributed by atoms with E-state index in [-0.39, 0.29) is 18.5 Å². The highest BCUT2D eigenvalue weighted by Crippen LogP contribution is 2.23. The van der Waals surface area contributed by atoms with Gasteiger partial charge in [0.05, 0.1) is 26.2 Å². The van der Waals surface area contributed by atoms with Crippen LogP contribution in [0, 0.1) is 0 Å². The summed E-state index contributed by atoms with van der Waals surface area (Å²) in [5, 5.41) is 2.95. The molecule has 0 fully saturated rings. The predicted octanol–water partition coefficient (Wildman–Crippen LogP) is 3.19. The number of benzene rings is 2. The third-order valence-corrected chi connectivity index (χ3v) is 7.08. The Balaban J connectivity index is 2.42. The highest BCUT2D eigenvalue weighted by molar-refractivity contribution is 7.92. The average molecular weight is 520 g/mol. The number of anilines is 1. The number of rotatable bonds is 13. The lowest BCUT2D eigenvalue weighted by Crippen LogP contribution is -2.53. The lowest BCUT2D eigenvalue weighted by Gasteiger charge is -2.33. The maximum atomic E-state index is 13.7. The van der Waals surface area contributed by atoms with Crippen molar-refractivity contribution in [3.63, 3.8) is 0 Å². The predicted molar refractivity (Wildman–Crippen MR) is 141 cm³/mol. The number of nitrogens with one attached hydrogen (secondary N) is 1. The molecule has 2 aromatic carbocycles. The lowest BCUT2D eigenvalue weighted by molar-refractivity contribution is -0.140. The van der Waals surface area contributed by atoms with Gasteiger partial charge in [0.25, 0.3) is 0 Å². The molecule has 198 valence electrons. The van der Waals surface area contributed by atoms with E-state index in [1.54, 1.807) is 43.5 Å². The highest BCUT2D eigenvalue weighted by Gasteiger charge is 2.32. The fourth-order valence-corrected chi connectivity index (χ4v) is 4.50. The Kier molecular flexibility index (Phi) is 10.6. The Labute approximate surface area is 214 Å². The molecule has 0 aromatic heterocycles. The van der Waals surface area contributed by atoms with Gasteiger partial charge in [0.15, 0.2) is 0 Å². The van der Waals surface area contributed by atoms with Crippen LogP contribution >= 0.6 is 0 Å². The summed E-state index contributed by atoms with van der Waals surface area (Å²) in [6, 6.07) is 12.8. The van der Waals surface area contributed by atoms with Crippen molar-refractivity contribution in [2.24, 2.45) is 0 Å². The zero-order chi connectivity index (χ0) is 26.9. The minimum Gasteiger partial charge on any atom is -0.497 e. The second-order valence-corrected chi connectivity index (χ2v) is 10.5. The first-order chi connectivity index (χ1) is 17.0. The van der Waals surface area contributed by atoms with E-state index in [2.05, 4.69) is 5.32 Å². The Bertz CT molecular complexity index is 1100. The quantitative estimate of drug-likeness (QED) is 0.436. The summed E-state index contributed by atoms with van der Waals surface area (Å²) in [6.07, 6.45) is 2.16. The van der Waals surface area contributed by atoms with E-state index in [1.165, 1.54) is 12.0 Å². The molecule has 10 heteroatoms. The van der Waals surface area contributed by atoms with Crippen molar-refractivity contribution in [3.8, 4) is 11.5 Å². The summed E-state index contributed by atoms with van der Waals surface area (Å²) >= 11 is 0. The molecule has 0 heterocycles. The van der Waals surface area contributed by atoms with E-state index in [9.17, 15) is 18.0 Å². The molecule has 0 aliphatic heterocycles. The molecule has 2 aromatic rings. The van der Waals surface area contributed by atoms with Crippen LogP contribution in [0.25, 0.3) is 0 Å². The van der Waals surface area contributed by atoms with E-state index in [0.29, 0.717) is 23.6 Å². The molecule has 2 rings (SSSR count). The van der Waals surface area contributed by atoms with Gasteiger partial charge in [-0.2, -0.15) is 0 Å². The molecule has 2 unspecified atom stereocenters. The molecule has 36 heavy (non-hydrogen) atoms. The van der Waals surface area contributed by atoms with Crippen LogP contribution in [-0.4, -0.2) is 64.2 Å². The zero-order valence-electron chi connectivity index (χ0n) is 21.9. The normalized spacial score (nSPS) is 12.8. The van der Waals surface area contributed by atoms with Gasteiger partial charge >= 0.3 is 0 Å². The van der Waals surface area contributed by atoms with Crippen LogP contribution in [0.15, 0.2) is 48.5 Å². The first-order valence-electron chi connectivity index (χ1n) is 11.9. The van der Waals surface area contributed by atoms with Crippen LogP contribution in [0.5, 0.6) is 11.5 Å². The fraction of sp³-hybridized carbons (Fsp3) is 0.462. The summed E-state index contributed by atoms with van der Waals surface area (Å²) in [7, 11) is -0.717. The summed E-state index contributed by atoms with van der Waals surface area (Å²) < 4.78 is 36.7. The number of sulfonamides is 1. The van der Waals surface area contributed by atoms with E-state index in [4.69, 9.17) is 9.47 Å². The van der Waals surface area contributed by atoms with Crippen molar-refractivity contribution < 1.29 is 27.5 Å². The molecule has 0 bridgehead atoms. The Morgan fingerprint density at radius 2 is 1.44 bits per heavy atom. The Morgan fingerprint density at radius 3 is 1.89 bits per heavy atom. The summed E-state index contributed by atoms with van der Waals surface area (Å²) in [6.45, 7) is 5.37. The van der Waals surface area contributed by atoms with Crippen molar-refractivity contribution >= 4 is 27.5 Å². The Hall–Kier alpha value is -3.27. The van der Waals surface area contributed by atoms with Gasteiger partial charge in [-0.1, -0.05) is 26.0 Å². The number of carbonyl (C=O) groups is 2. The monoisotopic (exact) mass is 519 g/mol. The van der Waals surface area contributed by atoms with Gasteiger partial charge in [-0.05, 0) is 61.7 Å². The molecule has 0 aliphatic carbocycles. The maximum absolute atomic E-state index is 13.7. The topological polar surface area (TPSA) is 105 Å². The van der Waals surface area contributed by atoms with Crippen LogP contribution in [-0.2, 0) is 26.2 Å². The number of nitrogens with zero attached hydrogens (tertiary/aromatic N) is 2. The van der Waals surface area contributed by atoms with Crippen LogP contribution in [0.4, 0.5) is 5.69 Å². The Morgan fingerprint density at radius 1 is 0.917 bits per heavy atom. The van der Waals surface area contributed by atoms with Crippen molar-refractivity contribution in [2.45, 2.75) is 52.2 Å². The fourth-order valence-electron chi connectivity index (χ4n) is 3.65. The van der Waals surface area contributed by atoms with Gasteiger partial charge in [0.1, 0.15) is 24.1 Å². The maximum Gasteiger partial charge on any atom is 0.244 e. The van der Waals surface area contributed by atoms with E-state index < -0.39 is 28.5 Å². The van der Waals surface area contributed by atoms with Gasteiger partial charge in [-0.25, -0.2) is 8.42 Å². The molecule has 2 atom stereocenters. The summed E-state index contributed by atoms with van der Waals surface area (Å²) in [5.41, 5.74) is 1.11. The highest BCUT2D eigenvalue weighted by atomic mass is 32.2. The van der Waals surface area contributed by atoms with Gasteiger partial charge in [-0.15, -0.1) is 0 Å². The molecule has 0 spiro atoms. The third kappa shape index (κ3) is 7.87. The first kappa shape index (κ1) is 29.0. The molecule has 9 nitrogen and oxygen atoms in total. The van der Waals surface area contributed by atoms with Crippen molar-refractivity contribution in [2.75, 3.05) is 31.3 Å². The number of hydrogen-bond acceptors (Lipinski definition) is 6. The molecule has 1 N–H and O–H groups in total. The molecule has 2 amide bonds. The minimum atomic E-state index is -3.80. The molecular weight excluding hydrogens is 482 g/mol. The van der Waals surface area contributed by atoms with Gasteiger partial charge in [0, 0.05) is 12.6 Å². The second-order valence-electron chi connectivity index (χ2n) is 8.58. The third-order valence-electron chi connectivity index (χ3n) is 5.94. The van der Waals surface area contributed by atoms with E-state index >= 15 is 0 Å². The smallest absolute Gasteiger partial charge is 0.244 e. The van der Waals surface area contributed by atoms with Gasteiger partial charge in [-0.3, -0.25) is 13.9 Å². The number of hydrogen-bond donors (Lipinski definition) is 1. The van der Waals surface area contributed by atoms with Crippen LogP contribution < -0.4 is 19.1 Å². The first-order valence-corrected chi connectivity index (χ1v) is 13.7. The number of ether oxygens (including phenoxy) is 2. The second kappa shape index (κ2) is 13.2. The standard InChI is InChI=1S/C26H37N3O6S/c1-7-19(3)27-26(31)24(8-2)28(17-20-9-13-22(34-4)14-10-20)25(30)18-29(36(6,32)33)21-11-15-23(35-5)16-12-21/h9-16,19,24H,7-8,17-18H2,1-6H3,(H,27,31). The molecule has 0 saturated carbocycles. The minimum absolute atomic E-state index is 0.0590.